The zero-order valence-electron chi connectivity index (χ0n) is 10.4. The minimum atomic E-state index is 0.107. The highest BCUT2D eigenvalue weighted by Gasteiger charge is 2.13. The number of methoxy groups -OCH3 is 1. The van der Waals surface area contributed by atoms with Crippen molar-refractivity contribution in [2.75, 3.05) is 13.7 Å². The summed E-state index contributed by atoms with van der Waals surface area (Å²) in [6.45, 7) is 0.107. The van der Waals surface area contributed by atoms with Gasteiger partial charge in [-0.3, -0.25) is 0 Å². The van der Waals surface area contributed by atoms with E-state index in [9.17, 15) is 0 Å². The number of aliphatic hydroxyl groups excluding tert-OH is 1. The molecule has 0 aliphatic carbocycles. The van der Waals surface area contributed by atoms with Crippen LogP contribution in [0.25, 0.3) is 11.4 Å². The molecule has 1 heterocycles. The third-order valence-corrected chi connectivity index (χ3v) is 3.48. The molecule has 1 N–H and O–H groups in total. The molecule has 5 heteroatoms. The van der Waals surface area contributed by atoms with E-state index >= 15 is 0 Å². The Kier molecular flexibility index (Phi) is 4.04. The molecule has 4 nitrogen and oxygen atoms in total. The van der Waals surface area contributed by atoms with Gasteiger partial charge in [-0.2, -0.15) is 0 Å². The number of benzene rings is 1. The van der Waals surface area contributed by atoms with E-state index in [1.165, 1.54) is 0 Å². The number of ether oxygens (including phenoxy) is 1. The van der Waals surface area contributed by atoms with Crippen LogP contribution in [0.3, 0.4) is 0 Å². The van der Waals surface area contributed by atoms with Gasteiger partial charge < -0.3 is 14.4 Å². The zero-order valence-corrected chi connectivity index (χ0v) is 11.9. The standard InChI is InChI=1S/C13H15BrN2O2/c1-16-11(6-7-17)12(14)15-13(16)9-4-3-5-10(8-9)18-2/h3-5,8,17H,6-7H2,1-2H3. The largest absolute Gasteiger partial charge is 0.497 e. The highest BCUT2D eigenvalue weighted by Crippen LogP contribution is 2.27. The molecular formula is C13H15BrN2O2. The minimum Gasteiger partial charge on any atom is -0.497 e. The van der Waals surface area contributed by atoms with Gasteiger partial charge in [-0.15, -0.1) is 0 Å². The van der Waals surface area contributed by atoms with Crippen LogP contribution in [-0.4, -0.2) is 28.4 Å². The third-order valence-electron chi connectivity index (χ3n) is 2.84. The van der Waals surface area contributed by atoms with E-state index in [2.05, 4.69) is 20.9 Å². The molecule has 18 heavy (non-hydrogen) atoms. The number of hydrogen-bond donors (Lipinski definition) is 1. The second-order valence-electron chi connectivity index (χ2n) is 3.94. The lowest BCUT2D eigenvalue weighted by molar-refractivity contribution is 0.296. The molecule has 0 spiro atoms. The second-order valence-corrected chi connectivity index (χ2v) is 4.69. The van der Waals surface area contributed by atoms with Crippen molar-refractivity contribution in [1.82, 2.24) is 9.55 Å². The summed E-state index contributed by atoms with van der Waals surface area (Å²) in [5, 5.41) is 9.05. The van der Waals surface area contributed by atoms with Crippen molar-refractivity contribution < 1.29 is 9.84 Å². The predicted molar refractivity (Wildman–Crippen MR) is 73.7 cm³/mol. The van der Waals surface area contributed by atoms with Crippen LogP contribution < -0.4 is 4.74 Å². The van der Waals surface area contributed by atoms with E-state index in [-0.39, 0.29) is 6.61 Å². The normalized spacial score (nSPS) is 10.7. The van der Waals surface area contributed by atoms with Crippen LogP contribution in [0.15, 0.2) is 28.9 Å². The van der Waals surface area contributed by atoms with Crippen molar-refractivity contribution in [1.29, 1.82) is 0 Å². The van der Waals surface area contributed by atoms with Crippen LogP contribution in [0.5, 0.6) is 5.75 Å². The number of imidazole rings is 1. The summed E-state index contributed by atoms with van der Waals surface area (Å²) < 4.78 is 7.97. The summed E-state index contributed by atoms with van der Waals surface area (Å²) in [4.78, 5) is 4.49. The molecule has 0 unspecified atom stereocenters. The molecule has 0 radical (unpaired) electrons. The lowest BCUT2D eigenvalue weighted by atomic mass is 10.2. The lowest BCUT2D eigenvalue weighted by Gasteiger charge is -2.06. The van der Waals surface area contributed by atoms with Crippen molar-refractivity contribution in [3.05, 3.63) is 34.6 Å². The van der Waals surface area contributed by atoms with Crippen molar-refractivity contribution in [3.63, 3.8) is 0 Å². The molecule has 1 aromatic carbocycles. The molecule has 96 valence electrons. The minimum absolute atomic E-state index is 0.107. The SMILES string of the molecule is COc1cccc(-c2nc(Br)c(CCO)n2C)c1. The van der Waals surface area contributed by atoms with Crippen LogP contribution in [-0.2, 0) is 13.5 Å². The number of nitrogens with zero attached hydrogens (tertiary/aromatic N) is 2. The Morgan fingerprint density at radius 3 is 2.89 bits per heavy atom. The van der Waals surface area contributed by atoms with Gasteiger partial charge in [0.1, 0.15) is 16.2 Å². The maximum atomic E-state index is 9.05. The molecule has 0 saturated carbocycles. The average molecular weight is 311 g/mol. The van der Waals surface area contributed by atoms with E-state index in [1.54, 1.807) is 7.11 Å². The molecule has 1 aromatic heterocycles. The average Bonchev–Trinajstić information content (AvgIpc) is 2.67. The first-order valence-electron chi connectivity index (χ1n) is 5.63. The molecule has 2 aromatic rings. The van der Waals surface area contributed by atoms with Crippen LogP contribution in [0.4, 0.5) is 0 Å². The number of rotatable bonds is 4. The summed E-state index contributed by atoms with van der Waals surface area (Å²) >= 11 is 3.43. The Morgan fingerprint density at radius 1 is 1.44 bits per heavy atom. The Balaban J connectivity index is 2.47. The number of halogens is 1. The fourth-order valence-corrected chi connectivity index (χ4v) is 2.53. The second kappa shape index (κ2) is 5.54. The highest BCUT2D eigenvalue weighted by molar-refractivity contribution is 9.10. The monoisotopic (exact) mass is 310 g/mol. The molecule has 0 amide bonds. The Hall–Kier alpha value is -1.33. The van der Waals surface area contributed by atoms with E-state index in [0.717, 1.165) is 27.4 Å². The summed E-state index contributed by atoms with van der Waals surface area (Å²) in [7, 11) is 3.59. The molecule has 0 bridgehead atoms. The maximum Gasteiger partial charge on any atom is 0.141 e. The Labute approximate surface area is 114 Å². The van der Waals surface area contributed by atoms with E-state index in [1.807, 2.05) is 35.9 Å². The first-order chi connectivity index (χ1) is 8.67. The van der Waals surface area contributed by atoms with E-state index in [4.69, 9.17) is 9.84 Å². The lowest BCUT2D eigenvalue weighted by Crippen LogP contribution is -2.01. The van der Waals surface area contributed by atoms with Crippen LogP contribution in [0.2, 0.25) is 0 Å². The van der Waals surface area contributed by atoms with Crippen molar-refractivity contribution >= 4 is 15.9 Å². The molecule has 0 atom stereocenters. The van der Waals surface area contributed by atoms with Gasteiger partial charge in [0, 0.05) is 25.6 Å². The van der Waals surface area contributed by atoms with Crippen molar-refractivity contribution in [2.24, 2.45) is 7.05 Å². The maximum absolute atomic E-state index is 9.05. The predicted octanol–water partition coefficient (Wildman–Crippen LogP) is 2.39. The summed E-state index contributed by atoms with van der Waals surface area (Å²) in [6.07, 6.45) is 0.577. The molecule has 2 rings (SSSR count). The van der Waals surface area contributed by atoms with Crippen molar-refractivity contribution in [3.8, 4) is 17.1 Å². The Bertz CT molecular complexity index is 552. The van der Waals surface area contributed by atoms with Crippen LogP contribution in [0.1, 0.15) is 5.69 Å². The number of aliphatic hydroxyl groups is 1. The highest BCUT2D eigenvalue weighted by atomic mass is 79.9. The zero-order chi connectivity index (χ0) is 13.1. The molecule has 0 fully saturated rings. The summed E-state index contributed by atoms with van der Waals surface area (Å²) in [5.41, 5.74) is 1.97. The van der Waals surface area contributed by atoms with Gasteiger partial charge in [0.2, 0.25) is 0 Å². The van der Waals surface area contributed by atoms with Gasteiger partial charge in [-0.05, 0) is 28.1 Å². The third kappa shape index (κ3) is 2.42. The molecule has 0 aliphatic heterocycles. The van der Waals surface area contributed by atoms with Gasteiger partial charge in [0.05, 0.1) is 12.8 Å². The topological polar surface area (TPSA) is 47.3 Å². The summed E-state index contributed by atoms with van der Waals surface area (Å²) in [5.74, 6) is 1.65. The Morgan fingerprint density at radius 2 is 2.22 bits per heavy atom. The molecule has 0 aliphatic rings. The molecular weight excluding hydrogens is 296 g/mol. The fourth-order valence-electron chi connectivity index (χ4n) is 1.90. The quantitative estimate of drug-likeness (QED) is 0.943. The van der Waals surface area contributed by atoms with E-state index < -0.39 is 0 Å². The van der Waals surface area contributed by atoms with E-state index in [0.29, 0.717) is 6.42 Å². The number of aromatic nitrogens is 2. The number of hydrogen-bond acceptors (Lipinski definition) is 3. The van der Waals surface area contributed by atoms with Gasteiger partial charge in [0.25, 0.3) is 0 Å². The van der Waals surface area contributed by atoms with Crippen LogP contribution in [0, 0.1) is 0 Å². The van der Waals surface area contributed by atoms with Gasteiger partial charge in [-0.1, -0.05) is 12.1 Å². The van der Waals surface area contributed by atoms with Gasteiger partial charge in [-0.25, -0.2) is 4.98 Å². The smallest absolute Gasteiger partial charge is 0.141 e. The van der Waals surface area contributed by atoms with Gasteiger partial charge >= 0.3 is 0 Å². The van der Waals surface area contributed by atoms with Gasteiger partial charge in [0.15, 0.2) is 0 Å². The first kappa shape index (κ1) is 13.1. The summed E-state index contributed by atoms with van der Waals surface area (Å²) in [6, 6.07) is 7.76. The van der Waals surface area contributed by atoms with Crippen LogP contribution >= 0.6 is 15.9 Å². The fraction of sp³-hybridized carbons (Fsp3) is 0.308. The first-order valence-corrected chi connectivity index (χ1v) is 6.43. The molecule has 0 saturated heterocycles. The van der Waals surface area contributed by atoms with Crippen molar-refractivity contribution in [2.45, 2.75) is 6.42 Å².